The third kappa shape index (κ3) is 6.54. The van der Waals surface area contributed by atoms with E-state index in [4.69, 9.17) is 13.7 Å². The topological polar surface area (TPSA) is 94.2 Å². The van der Waals surface area contributed by atoms with E-state index in [1.165, 1.54) is 13.4 Å². The fraction of sp³-hybridized carbons (Fsp3) is 0.321. The van der Waals surface area contributed by atoms with Crippen LogP contribution in [0.2, 0.25) is 0 Å². The van der Waals surface area contributed by atoms with Crippen LogP contribution in [0.5, 0.6) is 11.5 Å². The zero-order valence-electron chi connectivity index (χ0n) is 22.7. The Bertz CT molecular complexity index is 1440. The normalized spacial score (nSPS) is 16.1. The molecule has 1 aliphatic rings. The summed E-state index contributed by atoms with van der Waals surface area (Å²) >= 11 is 4.27. The molecular weight excluding hydrogens is 524 g/mol. The van der Waals surface area contributed by atoms with Crippen LogP contribution in [0.3, 0.4) is 0 Å². The highest BCUT2D eigenvalue weighted by Crippen LogP contribution is 2.45. The smallest absolute Gasteiger partial charge is 0.344 e. The van der Waals surface area contributed by atoms with E-state index in [1.54, 1.807) is 56.1 Å². The van der Waals surface area contributed by atoms with E-state index in [0.717, 1.165) is 11.3 Å². The fourth-order valence-electron chi connectivity index (χ4n) is 4.10. The zero-order chi connectivity index (χ0) is 28.4. The molecule has 0 bridgehead atoms. The molecule has 0 aliphatic carbocycles. The fourth-order valence-corrected chi connectivity index (χ4v) is 4.75. The van der Waals surface area contributed by atoms with Gasteiger partial charge in [0.2, 0.25) is 0 Å². The molecule has 0 radical (unpaired) electrons. The van der Waals surface area contributed by atoms with Crippen molar-refractivity contribution in [2.24, 2.45) is 0 Å². The van der Waals surface area contributed by atoms with Crippen LogP contribution in [-0.2, 0) is 30.7 Å². The van der Waals surface area contributed by atoms with E-state index in [2.05, 4.69) is 23.8 Å². The third-order valence-electron chi connectivity index (χ3n) is 5.77. The van der Waals surface area contributed by atoms with Crippen LogP contribution in [0.25, 0.3) is 11.1 Å². The van der Waals surface area contributed by atoms with Gasteiger partial charge in [0.05, 0.1) is 23.4 Å². The average molecular weight is 559 g/mol. The predicted octanol–water partition coefficient (Wildman–Crippen LogP) is 4.99. The lowest BCUT2D eigenvalue weighted by Gasteiger charge is -2.39. The van der Waals surface area contributed by atoms with Gasteiger partial charge in [0, 0.05) is 30.5 Å². The molecular formula is C28H34N2O6S2. The Morgan fingerprint density at radius 2 is 1.84 bits per heavy atom. The molecule has 0 saturated heterocycles. The molecule has 0 fully saturated rings. The van der Waals surface area contributed by atoms with Gasteiger partial charge in [0.15, 0.2) is 0 Å². The molecule has 1 unspecified atom stereocenters. The second-order valence-electron chi connectivity index (χ2n) is 9.85. The summed E-state index contributed by atoms with van der Waals surface area (Å²) in [6.45, 7) is 7.30. The Labute approximate surface area is 230 Å². The summed E-state index contributed by atoms with van der Waals surface area (Å²) in [7, 11) is 0.458. The molecule has 2 aromatic rings. The minimum absolute atomic E-state index is 0.132. The number of amides is 1. The number of likely N-dealkylation sites (N-methyl/N-ethyl adjacent to an activating group) is 1. The Kier molecular flexibility index (Phi) is 8.58. The number of allylic oxidation sites excluding steroid dienone is 3. The first kappa shape index (κ1) is 29.2. The van der Waals surface area contributed by atoms with E-state index < -0.39 is 21.3 Å². The molecule has 1 atom stereocenters. The summed E-state index contributed by atoms with van der Waals surface area (Å²) < 4.78 is 28.8. The molecule has 1 N–H and O–H groups in total. The molecule has 10 heteroatoms. The van der Waals surface area contributed by atoms with Gasteiger partial charge in [-0.1, -0.05) is 17.7 Å². The Hall–Kier alpha value is -3.37. The van der Waals surface area contributed by atoms with Gasteiger partial charge in [-0.3, -0.25) is 4.79 Å². The first-order chi connectivity index (χ1) is 17.6. The number of methoxy groups -OCH3 is 1. The van der Waals surface area contributed by atoms with Crippen molar-refractivity contribution < 1.29 is 27.5 Å². The SMILES string of the molecule is C=S(C)(=O)Oc1ccc(-c2ccc3c(c2COC(=O)/C(S)=C/C=C(C)C)N(C)C(=O)C(C)(C)N3)c(OC)c1. The zero-order valence-corrected chi connectivity index (χ0v) is 24.4. The van der Waals surface area contributed by atoms with Gasteiger partial charge in [-0.25, -0.2) is 9.00 Å². The van der Waals surface area contributed by atoms with Gasteiger partial charge < -0.3 is 23.9 Å². The predicted molar refractivity (Wildman–Crippen MR) is 158 cm³/mol. The van der Waals surface area contributed by atoms with Crippen molar-refractivity contribution >= 4 is 51.6 Å². The quantitative estimate of drug-likeness (QED) is 0.155. The van der Waals surface area contributed by atoms with Crippen molar-refractivity contribution in [1.29, 1.82) is 0 Å². The van der Waals surface area contributed by atoms with Crippen molar-refractivity contribution in [3.8, 4) is 22.6 Å². The molecule has 2 aromatic carbocycles. The Morgan fingerprint density at radius 1 is 1.18 bits per heavy atom. The van der Waals surface area contributed by atoms with Crippen molar-refractivity contribution in [2.45, 2.75) is 39.8 Å². The van der Waals surface area contributed by atoms with Gasteiger partial charge in [-0.05, 0) is 63.4 Å². The van der Waals surface area contributed by atoms with Crippen LogP contribution in [0.4, 0.5) is 11.4 Å². The summed E-state index contributed by atoms with van der Waals surface area (Å²) in [5.41, 5.74) is 3.45. The summed E-state index contributed by atoms with van der Waals surface area (Å²) in [6.07, 6.45) is 4.75. The maximum atomic E-state index is 13.2. The summed E-state index contributed by atoms with van der Waals surface area (Å²) in [6, 6.07) is 8.78. The van der Waals surface area contributed by atoms with Crippen LogP contribution in [0.15, 0.2) is 53.0 Å². The molecule has 1 amide bonds. The molecule has 3 rings (SSSR count). The standard InChI is InChI=1S/C28H34N2O6S2/c1-17(2)9-14-24(37)26(31)35-16-21-19(12-13-22-25(21)30(5)27(32)28(3,4)29-22)20-11-10-18(15-23(20)34-6)36-38(7,8)33/h9-15,29,37H,7,16H2,1-6,8H3/b24-14-. The summed E-state index contributed by atoms with van der Waals surface area (Å²) in [5.74, 6) is 3.56. The van der Waals surface area contributed by atoms with Gasteiger partial charge in [0.25, 0.3) is 5.91 Å². The largest absolute Gasteiger partial charge is 0.496 e. The van der Waals surface area contributed by atoms with Crippen LogP contribution in [-0.4, -0.2) is 47.9 Å². The van der Waals surface area contributed by atoms with Crippen LogP contribution in [0, 0.1) is 0 Å². The number of hydrogen-bond acceptors (Lipinski definition) is 8. The number of rotatable bonds is 8. The molecule has 0 aromatic heterocycles. The Balaban J connectivity index is 2.15. The third-order valence-corrected chi connectivity index (χ3v) is 6.65. The van der Waals surface area contributed by atoms with Gasteiger partial charge in [-0.15, -0.1) is 12.6 Å². The second-order valence-corrected chi connectivity index (χ2v) is 12.3. The number of nitrogens with zero attached hydrogens (tertiary/aromatic N) is 1. The molecule has 1 heterocycles. The van der Waals surface area contributed by atoms with Gasteiger partial charge in [0.1, 0.15) is 33.4 Å². The maximum Gasteiger partial charge on any atom is 0.344 e. The first-order valence-corrected chi connectivity index (χ1v) is 14.3. The van der Waals surface area contributed by atoms with E-state index in [0.29, 0.717) is 33.9 Å². The van der Waals surface area contributed by atoms with Crippen LogP contribution in [0.1, 0.15) is 33.3 Å². The Morgan fingerprint density at radius 3 is 2.45 bits per heavy atom. The molecule has 0 spiro atoms. The maximum absolute atomic E-state index is 13.2. The lowest BCUT2D eigenvalue weighted by atomic mass is 9.92. The van der Waals surface area contributed by atoms with Crippen molar-refractivity contribution in [3.63, 3.8) is 0 Å². The highest BCUT2D eigenvalue weighted by Gasteiger charge is 2.39. The number of thiol groups is 1. The number of carbonyl (C=O) groups excluding carboxylic acids is 2. The monoisotopic (exact) mass is 558 g/mol. The molecule has 1 aliphatic heterocycles. The number of nitrogens with one attached hydrogen (secondary N) is 1. The lowest BCUT2D eigenvalue weighted by Crippen LogP contribution is -2.52. The van der Waals surface area contributed by atoms with Crippen molar-refractivity contribution in [2.75, 3.05) is 30.6 Å². The highest BCUT2D eigenvalue weighted by atomic mass is 32.2. The number of carbonyl (C=O) groups is 2. The number of benzene rings is 2. The number of esters is 1. The van der Waals surface area contributed by atoms with Crippen molar-refractivity contribution in [1.82, 2.24) is 0 Å². The minimum Gasteiger partial charge on any atom is -0.496 e. The molecule has 204 valence electrons. The van der Waals surface area contributed by atoms with Gasteiger partial charge in [-0.2, -0.15) is 0 Å². The molecule has 8 nitrogen and oxygen atoms in total. The minimum atomic E-state index is -2.74. The van der Waals surface area contributed by atoms with Crippen LogP contribution >= 0.6 is 12.6 Å². The average Bonchev–Trinajstić information content (AvgIpc) is 2.82. The molecule has 0 saturated carbocycles. The van der Waals surface area contributed by atoms with Crippen LogP contribution < -0.4 is 19.1 Å². The highest BCUT2D eigenvalue weighted by molar-refractivity contribution is 7.95. The summed E-state index contributed by atoms with van der Waals surface area (Å²) in [5, 5.41) is 3.29. The van der Waals surface area contributed by atoms with E-state index in [1.807, 2.05) is 26.0 Å². The number of fused-ring (bicyclic) bond motifs is 1. The lowest BCUT2D eigenvalue weighted by molar-refractivity contribution is -0.139. The first-order valence-electron chi connectivity index (χ1n) is 11.8. The van der Waals surface area contributed by atoms with E-state index in [-0.39, 0.29) is 17.4 Å². The second kappa shape index (κ2) is 11.2. The number of hydrogen-bond donors (Lipinski definition) is 2. The number of ether oxygens (including phenoxy) is 2. The molecule has 38 heavy (non-hydrogen) atoms. The summed E-state index contributed by atoms with van der Waals surface area (Å²) in [4.78, 5) is 27.6. The van der Waals surface area contributed by atoms with E-state index in [9.17, 15) is 13.8 Å². The number of anilines is 2. The van der Waals surface area contributed by atoms with E-state index >= 15 is 0 Å². The van der Waals surface area contributed by atoms with Crippen molar-refractivity contribution in [3.05, 3.63) is 58.5 Å². The van der Waals surface area contributed by atoms with Gasteiger partial charge >= 0.3 is 5.97 Å².